The maximum atomic E-state index is 10.7. The zero-order valence-electron chi connectivity index (χ0n) is 10.7. The lowest BCUT2D eigenvalue weighted by Gasteiger charge is -2.20. The third kappa shape index (κ3) is 11.3. The SMILES string of the molecule is CC(=O)C=CCC(C)CCOC(C)(C)C. The van der Waals surface area contributed by atoms with Crippen molar-refractivity contribution in [2.24, 2.45) is 5.92 Å². The summed E-state index contributed by atoms with van der Waals surface area (Å²) >= 11 is 0. The summed E-state index contributed by atoms with van der Waals surface area (Å²) in [5, 5.41) is 0. The molecule has 0 heterocycles. The Hall–Kier alpha value is -0.630. The van der Waals surface area contributed by atoms with Crippen molar-refractivity contribution in [2.45, 2.75) is 53.1 Å². The van der Waals surface area contributed by atoms with Crippen molar-refractivity contribution in [1.82, 2.24) is 0 Å². The van der Waals surface area contributed by atoms with E-state index in [1.54, 1.807) is 13.0 Å². The maximum Gasteiger partial charge on any atom is 0.152 e. The number of hydrogen-bond acceptors (Lipinski definition) is 2. The quantitative estimate of drug-likeness (QED) is 0.631. The van der Waals surface area contributed by atoms with Crippen LogP contribution in [-0.2, 0) is 9.53 Å². The normalized spacial score (nSPS) is 14.5. The summed E-state index contributed by atoms with van der Waals surface area (Å²) in [5.41, 5.74) is -0.0467. The fraction of sp³-hybridized carbons (Fsp3) is 0.769. The van der Waals surface area contributed by atoms with Crippen LogP contribution in [-0.4, -0.2) is 18.0 Å². The van der Waals surface area contributed by atoms with Gasteiger partial charge in [0.25, 0.3) is 0 Å². The monoisotopic (exact) mass is 212 g/mol. The highest BCUT2D eigenvalue weighted by atomic mass is 16.5. The number of hydrogen-bond donors (Lipinski definition) is 0. The van der Waals surface area contributed by atoms with Crippen molar-refractivity contribution in [3.8, 4) is 0 Å². The minimum atomic E-state index is -0.0467. The zero-order valence-corrected chi connectivity index (χ0v) is 10.7. The van der Waals surface area contributed by atoms with Crippen molar-refractivity contribution in [1.29, 1.82) is 0 Å². The summed E-state index contributed by atoms with van der Waals surface area (Å²) in [6.07, 6.45) is 5.58. The van der Waals surface area contributed by atoms with Gasteiger partial charge in [-0.2, -0.15) is 0 Å². The Morgan fingerprint density at radius 3 is 2.47 bits per heavy atom. The molecule has 2 nitrogen and oxygen atoms in total. The molecule has 0 aliphatic carbocycles. The Labute approximate surface area is 93.7 Å². The first-order valence-electron chi connectivity index (χ1n) is 5.62. The highest BCUT2D eigenvalue weighted by Crippen LogP contribution is 2.12. The van der Waals surface area contributed by atoms with Gasteiger partial charge in [0.05, 0.1) is 5.60 Å². The zero-order chi connectivity index (χ0) is 11.9. The van der Waals surface area contributed by atoms with Gasteiger partial charge in [0.2, 0.25) is 0 Å². The Kier molecular flexibility index (Phi) is 6.50. The summed E-state index contributed by atoms with van der Waals surface area (Å²) in [5.74, 6) is 0.691. The third-order valence-corrected chi connectivity index (χ3v) is 2.04. The minimum absolute atomic E-state index is 0.0467. The molecule has 0 aromatic rings. The lowest BCUT2D eigenvalue weighted by atomic mass is 10.0. The van der Waals surface area contributed by atoms with Gasteiger partial charge < -0.3 is 4.74 Å². The summed E-state index contributed by atoms with van der Waals surface area (Å²) in [4.78, 5) is 10.7. The first-order chi connectivity index (χ1) is 6.81. The predicted octanol–water partition coefficient (Wildman–Crippen LogP) is 3.36. The van der Waals surface area contributed by atoms with Crippen molar-refractivity contribution in [3.63, 3.8) is 0 Å². The lowest BCUT2D eigenvalue weighted by Crippen LogP contribution is -2.20. The van der Waals surface area contributed by atoms with Crippen LogP contribution in [0, 0.1) is 5.92 Å². The molecule has 1 atom stereocenters. The van der Waals surface area contributed by atoms with Crippen LogP contribution < -0.4 is 0 Å². The van der Waals surface area contributed by atoms with E-state index in [9.17, 15) is 4.79 Å². The number of rotatable bonds is 6. The molecule has 0 aromatic carbocycles. The van der Waals surface area contributed by atoms with E-state index in [1.165, 1.54) is 0 Å². The van der Waals surface area contributed by atoms with Crippen molar-refractivity contribution in [2.75, 3.05) is 6.61 Å². The fourth-order valence-corrected chi connectivity index (χ4v) is 1.15. The lowest BCUT2D eigenvalue weighted by molar-refractivity contribution is -0.112. The largest absolute Gasteiger partial charge is 0.376 e. The minimum Gasteiger partial charge on any atom is -0.376 e. The number of allylic oxidation sites excluding steroid dienone is 2. The molecule has 0 aliphatic rings. The molecule has 0 saturated carbocycles. The molecule has 15 heavy (non-hydrogen) atoms. The van der Waals surface area contributed by atoms with Gasteiger partial charge in [-0.05, 0) is 52.5 Å². The molecule has 0 saturated heterocycles. The van der Waals surface area contributed by atoms with Gasteiger partial charge in [-0.15, -0.1) is 0 Å². The second kappa shape index (κ2) is 6.78. The van der Waals surface area contributed by atoms with E-state index in [2.05, 4.69) is 27.7 Å². The van der Waals surface area contributed by atoms with E-state index in [0.717, 1.165) is 19.4 Å². The molecule has 1 unspecified atom stereocenters. The Morgan fingerprint density at radius 2 is 2.00 bits per heavy atom. The van der Waals surface area contributed by atoms with Crippen molar-refractivity contribution >= 4 is 5.78 Å². The molecular formula is C13H24O2. The average Bonchev–Trinajstić information content (AvgIpc) is 2.00. The van der Waals surface area contributed by atoms with E-state index in [0.29, 0.717) is 5.92 Å². The van der Waals surface area contributed by atoms with Gasteiger partial charge in [-0.3, -0.25) is 4.79 Å². The van der Waals surface area contributed by atoms with Crippen LogP contribution in [0.4, 0.5) is 0 Å². The first-order valence-corrected chi connectivity index (χ1v) is 5.62. The Bertz CT molecular complexity index is 211. The topological polar surface area (TPSA) is 26.3 Å². The van der Waals surface area contributed by atoms with Crippen molar-refractivity contribution in [3.05, 3.63) is 12.2 Å². The maximum absolute atomic E-state index is 10.7. The molecule has 0 rings (SSSR count). The Morgan fingerprint density at radius 1 is 1.40 bits per heavy atom. The molecule has 0 aliphatic heterocycles. The second-order valence-corrected chi connectivity index (χ2v) is 5.10. The molecule has 0 spiro atoms. The van der Waals surface area contributed by atoms with Gasteiger partial charge in [-0.25, -0.2) is 0 Å². The van der Waals surface area contributed by atoms with E-state index in [4.69, 9.17) is 4.74 Å². The number of carbonyl (C=O) groups is 1. The van der Waals surface area contributed by atoms with E-state index >= 15 is 0 Å². The molecule has 0 radical (unpaired) electrons. The van der Waals surface area contributed by atoms with Crippen LogP contribution in [0.2, 0.25) is 0 Å². The molecular weight excluding hydrogens is 188 g/mol. The van der Waals surface area contributed by atoms with Gasteiger partial charge in [-0.1, -0.05) is 13.0 Å². The number of carbonyl (C=O) groups excluding carboxylic acids is 1. The van der Waals surface area contributed by atoms with Crippen LogP contribution >= 0.6 is 0 Å². The summed E-state index contributed by atoms with van der Waals surface area (Å²) in [6, 6.07) is 0. The van der Waals surface area contributed by atoms with Gasteiger partial charge in [0.1, 0.15) is 0 Å². The second-order valence-electron chi connectivity index (χ2n) is 5.10. The van der Waals surface area contributed by atoms with Gasteiger partial charge in [0, 0.05) is 6.61 Å². The molecule has 0 aromatic heterocycles. The Balaban J connectivity index is 3.58. The highest BCUT2D eigenvalue weighted by molar-refractivity contribution is 5.87. The summed E-state index contributed by atoms with van der Waals surface area (Å²) in [6.45, 7) is 10.7. The molecule has 2 heteroatoms. The van der Waals surface area contributed by atoms with Gasteiger partial charge in [0.15, 0.2) is 5.78 Å². The average molecular weight is 212 g/mol. The summed E-state index contributed by atoms with van der Waals surface area (Å²) in [7, 11) is 0. The fourth-order valence-electron chi connectivity index (χ4n) is 1.15. The van der Waals surface area contributed by atoms with E-state index in [-0.39, 0.29) is 11.4 Å². The predicted molar refractivity (Wildman–Crippen MR) is 63.9 cm³/mol. The van der Waals surface area contributed by atoms with Gasteiger partial charge >= 0.3 is 0 Å². The standard InChI is InChI=1S/C13H24O2/c1-11(7-6-8-12(2)14)9-10-15-13(3,4)5/h6,8,11H,7,9-10H2,1-5H3. The molecule has 88 valence electrons. The van der Waals surface area contributed by atoms with Crippen LogP contribution in [0.3, 0.4) is 0 Å². The van der Waals surface area contributed by atoms with Crippen LogP contribution in [0.25, 0.3) is 0 Å². The molecule has 0 fully saturated rings. The molecule has 0 N–H and O–H groups in total. The molecule has 0 amide bonds. The van der Waals surface area contributed by atoms with E-state index in [1.807, 2.05) is 6.08 Å². The highest BCUT2D eigenvalue weighted by Gasteiger charge is 2.10. The van der Waals surface area contributed by atoms with Crippen LogP contribution in [0.15, 0.2) is 12.2 Å². The smallest absolute Gasteiger partial charge is 0.152 e. The first kappa shape index (κ1) is 14.4. The van der Waals surface area contributed by atoms with Crippen molar-refractivity contribution < 1.29 is 9.53 Å². The van der Waals surface area contributed by atoms with E-state index < -0.39 is 0 Å². The third-order valence-electron chi connectivity index (χ3n) is 2.04. The van der Waals surface area contributed by atoms with Crippen LogP contribution in [0.5, 0.6) is 0 Å². The summed E-state index contributed by atoms with van der Waals surface area (Å²) < 4.78 is 5.64. The number of ketones is 1. The van der Waals surface area contributed by atoms with Crippen LogP contribution in [0.1, 0.15) is 47.5 Å². The number of ether oxygens (including phenoxy) is 1. The molecule has 0 bridgehead atoms.